The molecule has 1 aromatic carbocycles. The van der Waals surface area contributed by atoms with Gasteiger partial charge in [0.1, 0.15) is 12.0 Å². The van der Waals surface area contributed by atoms with Gasteiger partial charge >= 0.3 is 6.16 Å². The van der Waals surface area contributed by atoms with E-state index in [0.29, 0.717) is 12.5 Å². The molecule has 0 N–H and O–H groups in total. The highest BCUT2D eigenvalue weighted by Gasteiger charge is 2.01. The molecular weight excluding hydrogens is 346 g/mol. The summed E-state index contributed by atoms with van der Waals surface area (Å²) in [5.74, 6) is 0.704. The van der Waals surface area contributed by atoms with Gasteiger partial charge in [-0.05, 0) is 26.2 Å². The first kappa shape index (κ1) is 22.4. The van der Waals surface area contributed by atoms with Crippen LogP contribution in [0.15, 0.2) is 47.8 Å². The molecule has 0 fully saturated rings. The Kier molecular flexibility index (Phi) is 11.3. The third kappa shape index (κ3) is 10.2. The summed E-state index contributed by atoms with van der Waals surface area (Å²) < 4.78 is 19.1. The lowest BCUT2D eigenvalue weighted by molar-refractivity contribution is 0.0831. The van der Waals surface area contributed by atoms with E-state index >= 15 is 0 Å². The smallest absolute Gasteiger partial charge is 0.449 e. The lowest BCUT2D eigenvalue weighted by Crippen LogP contribution is -2.04. The van der Waals surface area contributed by atoms with E-state index in [1.54, 1.807) is 13.4 Å². The monoisotopic (exact) mass is 375 g/mol. The molecule has 0 aliphatic carbocycles. The highest BCUT2D eigenvalue weighted by atomic mass is 16.7. The second kappa shape index (κ2) is 13.6. The summed E-state index contributed by atoms with van der Waals surface area (Å²) in [5, 5.41) is 0. The minimum absolute atomic E-state index is 0.402. The number of rotatable bonds is 9. The number of nitrogens with zero attached hydrogens (tertiary/aromatic N) is 1. The van der Waals surface area contributed by atoms with Gasteiger partial charge in [0.25, 0.3) is 0 Å². The lowest BCUT2D eigenvalue weighted by atomic mass is 10.1. The van der Waals surface area contributed by atoms with Gasteiger partial charge < -0.3 is 18.6 Å². The first-order valence-electron chi connectivity index (χ1n) is 8.99. The topological polar surface area (TPSA) is 70.8 Å². The average molecular weight is 375 g/mol. The van der Waals surface area contributed by atoms with Gasteiger partial charge in [-0.1, -0.05) is 42.8 Å². The molecule has 2 rings (SSSR count). The van der Waals surface area contributed by atoms with Crippen LogP contribution in [0.3, 0.4) is 0 Å². The Balaban J connectivity index is 0.000000270. The number of aryl methyl sites for hydroxylation is 2. The molecular formula is C21H29NO5. The second-order valence-electron chi connectivity index (χ2n) is 5.91. The molecule has 6 nitrogen and oxygen atoms in total. The molecule has 27 heavy (non-hydrogen) atoms. The van der Waals surface area contributed by atoms with E-state index in [9.17, 15) is 4.79 Å². The number of carbonyl (C=O) groups excluding carboxylic acids is 1. The fraction of sp³-hybridized carbons (Fsp3) is 0.429. The summed E-state index contributed by atoms with van der Waals surface area (Å²) in [6.07, 6.45) is 6.08. The molecule has 0 aliphatic rings. The van der Waals surface area contributed by atoms with Crippen molar-refractivity contribution in [3.8, 4) is 11.3 Å². The van der Waals surface area contributed by atoms with Crippen LogP contribution in [-0.2, 0) is 14.2 Å². The molecule has 0 atom stereocenters. The predicted molar refractivity (Wildman–Crippen MR) is 104 cm³/mol. The molecule has 1 heterocycles. The van der Waals surface area contributed by atoms with Crippen LogP contribution in [-0.4, -0.2) is 31.5 Å². The van der Waals surface area contributed by atoms with Crippen LogP contribution < -0.4 is 0 Å². The van der Waals surface area contributed by atoms with Crippen LogP contribution in [0.2, 0.25) is 0 Å². The molecule has 0 bridgehead atoms. The summed E-state index contributed by atoms with van der Waals surface area (Å²) >= 11 is 0. The number of hydrogen-bond acceptors (Lipinski definition) is 6. The van der Waals surface area contributed by atoms with Gasteiger partial charge in [0.05, 0.1) is 12.9 Å². The quantitative estimate of drug-likeness (QED) is 0.330. The highest BCUT2D eigenvalue weighted by molar-refractivity contribution is 5.60. The number of aromatic nitrogens is 1. The first-order valence-corrected chi connectivity index (χ1v) is 8.99. The Hall–Kier alpha value is -2.60. The van der Waals surface area contributed by atoms with Crippen molar-refractivity contribution < 1.29 is 23.4 Å². The number of ether oxygens (including phenoxy) is 3. The van der Waals surface area contributed by atoms with Crippen LogP contribution in [0.4, 0.5) is 4.79 Å². The summed E-state index contributed by atoms with van der Waals surface area (Å²) in [4.78, 5) is 14.9. The third-order valence-electron chi connectivity index (χ3n) is 3.61. The molecule has 1 aromatic heterocycles. The zero-order valence-corrected chi connectivity index (χ0v) is 16.4. The summed E-state index contributed by atoms with van der Waals surface area (Å²) in [5.41, 5.74) is 3.25. The third-order valence-corrected chi connectivity index (χ3v) is 3.61. The maximum absolute atomic E-state index is 10.6. The molecule has 0 unspecified atom stereocenters. The molecule has 148 valence electrons. The number of oxazole rings is 1. The highest BCUT2D eigenvalue weighted by Crippen LogP contribution is 2.18. The van der Waals surface area contributed by atoms with Crippen molar-refractivity contribution in [1.29, 1.82) is 0 Å². The lowest BCUT2D eigenvalue weighted by Gasteiger charge is -2.02. The van der Waals surface area contributed by atoms with Crippen LogP contribution in [0.5, 0.6) is 0 Å². The van der Waals surface area contributed by atoms with E-state index in [-0.39, 0.29) is 0 Å². The van der Waals surface area contributed by atoms with E-state index in [4.69, 9.17) is 13.9 Å². The van der Waals surface area contributed by atoms with Gasteiger partial charge in [0.2, 0.25) is 0 Å². The van der Waals surface area contributed by atoms with E-state index in [1.165, 1.54) is 5.56 Å². The van der Waals surface area contributed by atoms with Gasteiger partial charge in [-0.2, -0.15) is 0 Å². The van der Waals surface area contributed by atoms with Gasteiger partial charge in [-0.25, -0.2) is 9.78 Å². The summed E-state index contributed by atoms with van der Waals surface area (Å²) in [7, 11) is 1.69. The van der Waals surface area contributed by atoms with Crippen LogP contribution in [0, 0.1) is 13.8 Å². The van der Waals surface area contributed by atoms with Crippen LogP contribution in [0.25, 0.3) is 11.3 Å². The average Bonchev–Trinajstić information content (AvgIpc) is 3.09. The second-order valence-corrected chi connectivity index (χ2v) is 5.91. The van der Waals surface area contributed by atoms with Crippen molar-refractivity contribution >= 4 is 6.16 Å². The Morgan fingerprint density at radius 2 is 1.78 bits per heavy atom. The van der Waals surface area contributed by atoms with E-state index in [2.05, 4.69) is 35.4 Å². The Bertz CT molecular complexity index is 663. The van der Waals surface area contributed by atoms with Gasteiger partial charge in [-0.3, -0.25) is 0 Å². The van der Waals surface area contributed by atoms with Crippen molar-refractivity contribution in [1.82, 2.24) is 4.98 Å². The van der Waals surface area contributed by atoms with Gasteiger partial charge in [0, 0.05) is 26.2 Å². The number of methoxy groups -OCH3 is 1. The van der Waals surface area contributed by atoms with Crippen molar-refractivity contribution in [2.45, 2.75) is 39.5 Å². The molecule has 2 aromatic rings. The Morgan fingerprint density at radius 3 is 2.33 bits per heavy atom. The van der Waals surface area contributed by atoms with Crippen molar-refractivity contribution in [3.63, 3.8) is 0 Å². The van der Waals surface area contributed by atoms with Crippen molar-refractivity contribution in [2.24, 2.45) is 0 Å². The van der Waals surface area contributed by atoms with E-state index in [1.807, 2.05) is 19.1 Å². The van der Waals surface area contributed by atoms with E-state index < -0.39 is 6.16 Å². The standard InChI is InChI=1S/C11H11NO.C10H18O4/c1-8-3-5-10(6-4-8)11-7-13-9(2)12-11;1-3-13-10(11)14-9-7-5-4-6-8-12-2/h3-7H,1-2H3;3H,1,4-9H2,2H3. The predicted octanol–water partition coefficient (Wildman–Crippen LogP) is 5.45. The molecule has 0 saturated heterocycles. The molecule has 0 aliphatic heterocycles. The largest absolute Gasteiger partial charge is 0.513 e. The molecule has 0 amide bonds. The Labute approximate surface area is 161 Å². The zero-order valence-electron chi connectivity index (χ0n) is 16.4. The summed E-state index contributed by atoms with van der Waals surface area (Å²) in [6.45, 7) is 8.35. The number of hydrogen-bond donors (Lipinski definition) is 0. The molecule has 0 radical (unpaired) electrons. The van der Waals surface area contributed by atoms with Crippen molar-refractivity contribution in [3.05, 3.63) is 54.8 Å². The van der Waals surface area contributed by atoms with Crippen LogP contribution in [0.1, 0.15) is 37.1 Å². The van der Waals surface area contributed by atoms with Crippen LogP contribution >= 0.6 is 0 Å². The fourth-order valence-corrected chi connectivity index (χ4v) is 2.18. The number of unbranched alkanes of at least 4 members (excludes halogenated alkanes) is 3. The summed E-state index contributed by atoms with van der Waals surface area (Å²) in [6, 6.07) is 8.23. The Morgan fingerprint density at radius 1 is 1.11 bits per heavy atom. The molecule has 0 spiro atoms. The SMILES string of the molecule is C=COC(=O)OCCCCCCOC.Cc1ccc(-c2coc(C)n2)cc1. The minimum atomic E-state index is -0.683. The molecule has 0 saturated carbocycles. The normalized spacial score (nSPS) is 9.89. The molecule has 6 heteroatoms. The minimum Gasteiger partial charge on any atom is -0.449 e. The van der Waals surface area contributed by atoms with Gasteiger partial charge in [0.15, 0.2) is 5.89 Å². The first-order chi connectivity index (χ1) is 13.1. The van der Waals surface area contributed by atoms with Crippen molar-refractivity contribution in [2.75, 3.05) is 20.3 Å². The maximum atomic E-state index is 10.6. The number of carbonyl (C=O) groups is 1. The van der Waals surface area contributed by atoms with Gasteiger partial charge in [-0.15, -0.1) is 0 Å². The number of benzene rings is 1. The maximum Gasteiger partial charge on any atom is 0.513 e. The van der Waals surface area contributed by atoms with E-state index in [0.717, 1.165) is 49.8 Å². The fourth-order valence-electron chi connectivity index (χ4n) is 2.18. The zero-order chi connectivity index (χ0) is 19.9.